The molecule has 0 aliphatic carbocycles. The molecule has 23 heavy (non-hydrogen) atoms. The quantitative estimate of drug-likeness (QED) is 0.766. The number of aromatic nitrogens is 6. The van der Waals surface area contributed by atoms with Gasteiger partial charge in [-0.1, -0.05) is 0 Å². The van der Waals surface area contributed by atoms with Crippen LogP contribution >= 0.6 is 0 Å². The van der Waals surface area contributed by atoms with Gasteiger partial charge < -0.3 is 10.1 Å². The van der Waals surface area contributed by atoms with E-state index in [9.17, 15) is 8.78 Å². The molecule has 3 aromatic rings. The Morgan fingerprint density at radius 1 is 1.30 bits per heavy atom. The number of anilines is 2. The normalized spacial score (nSPS) is 12.1. The van der Waals surface area contributed by atoms with Crippen LogP contribution in [-0.2, 0) is 5.54 Å². The zero-order chi connectivity index (χ0) is 16.6. The number of halogens is 2. The van der Waals surface area contributed by atoms with Crippen LogP contribution in [0.15, 0.2) is 18.5 Å². The fourth-order valence-corrected chi connectivity index (χ4v) is 2.01. The Bertz CT molecular complexity index is 821. The minimum Gasteiger partial charge on any atom is -0.415 e. The summed E-state index contributed by atoms with van der Waals surface area (Å²) in [6, 6.07) is 1.30. The molecule has 0 fully saturated rings. The van der Waals surface area contributed by atoms with Gasteiger partial charge in [0.05, 0.1) is 17.9 Å². The summed E-state index contributed by atoms with van der Waals surface area (Å²) in [5, 5.41) is 13.3. The topological polar surface area (TPSA) is 93.5 Å². The summed E-state index contributed by atoms with van der Waals surface area (Å²) in [4.78, 5) is 8.73. The van der Waals surface area contributed by atoms with Gasteiger partial charge in [-0.15, -0.1) is 5.10 Å². The summed E-state index contributed by atoms with van der Waals surface area (Å²) < 4.78 is 30.2. The van der Waals surface area contributed by atoms with Crippen molar-refractivity contribution in [1.29, 1.82) is 0 Å². The lowest BCUT2D eigenvalue weighted by Gasteiger charge is -2.19. The van der Waals surface area contributed by atoms with Crippen LogP contribution in [0, 0.1) is 0 Å². The molecule has 0 saturated heterocycles. The Morgan fingerprint density at radius 3 is 2.78 bits per heavy atom. The minimum absolute atomic E-state index is 0.212. The van der Waals surface area contributed by atoms with Crippen LogP contribution in [0.4, 0.5) is 20.4 Å². The lowest BCUT2D eigenvalue weighted by molar-refractivity contribution is -0.0528. The molecule has 0 spiro atoms. The molecular weight excluding hydrogens is 308 g/mol. The molecule has 0 aliphatic heterocycles. The van der Waals surface area contributed by atoms with Gasteiger partial charge in [0.1, 0.15) is 11.3 Å². The third-order valence-corrected chi connectivity index (χ3v) is 2.94. The maximum absolute atomic E-state index is 12.1. The van der Waals surface area contributed by atoms with E-state index < -0.39 is 6.61 Å². The van der Waals surface area contributed by atoms with Crippen molar-refractivity contribution in [3.63, 3.8) is 0 Å². The van der Waals surface area contributed by atoms with Crippen molar-refractivity contribution in [2.45, 2.75) is 32.9 Å². The largest absolute Gasteiger partial charge is 0.415 e. The molecule has 0 aromatic carbocycles. The molecule has 0 aliphatic rings. The van der Waals surface area contributed by atoms with E-state index in [1.165, 1.54) is 12.3 Å². The summed E-state index contributed by atoms with van der Waals surface area (Å²) in [5.41, 5.74) is 1.03. The van der Waals surface area contributed by atoms with Crippen molar-refractivity contribution in [1.82, 2.24) is 29.9 Å². The number of alkyl halides is 2. The average Bonchev–Trinajstić information content (AvgIpc) is 3.03. The fraction of sp³-hybridized carbons (Fsp3) is 0.385. The lowest BCUT2D eigenvalue weighted by atomic mass is 10.1. The molecule has 0 amide bonds. The van der Waals surface area contributed by atoms with E-state index in [0.29, 0.717) is 22.8 Å². The van der Waals surface area contributed by atoms with Crippen molar-refractivity contribution < 1.29 is 13.5 Å². The number of aromatic amines is 1. The van der Waals surface area contributed by atoms with E-state index >= 15 is 0 Å². The Labute approximate surface area is 129 Å². The van der Waals surface area contributed by atoms with Gasteiger partial charge in [-0.05, 0) is 20.8 Å². The molecule has 3 aromatic heterocycles. The molecule has 2 N–H and O–H groups in total. The molecule has 8 nitrogen and oxygen atoms in total. The molecule has 3 rings (SSSR count). The van der Waals surface area contributed by atoms with Gasteiger partial charge in [-0.2, -0.15) is 13.9 Å². The third kappa shape index (κ3) is 3.20. The van der Waals surface area contributed by atoms with Crippen molar-refractivity contribution in [2.75, 3.05) is 5.32 Å². The fourth-order valence-electron chi connectivity index (χ4n) is 2.01. The van der Waals surface area contributed by atoms with Crippen LogP contribution < -0.4 is 10.1 Å². The monoisotopic (exact) mass is 323 g/mol. The van der Waals surface area contributed by atoms with E-state index in [4.69, 9.17) is 0 Å². The number of hydrogen-bond acceptors (Lipinski definition) is 6. The number of fused-ring (bicyclic) bond motifs is 1. The van der Waals surface area contributed by atoms with E-state index in [1.807, 2.05) is 20.8 Å². The molecule has 0 radical (unpaired) electrons. The predicted molar refractivity (Wildman–Crippen MR) is 78.8 cm³/mol. The van der Waals surface area contributed by atoms with Gasteiger partial charge in [0.25, 0.3) is 0 Å². The molecule has 0 bridgehead atoms. The summed E-state index contributed by atoms with van der Waals surface area (Å²) in [7, 11) is 0. The predicted octanol–water partition coefficient (Wildman–Crippen LogP) is 2.65. The number of hydrogen-bond donors (Lipinski definition) is 2. The first-order valence-corrected chi connectivity index (χ1v) is 6.81. The van der Waals surface area contributed by atoms with Gasteiger partial charge in [-0.3, -0.25) is 5.10 Å². The molecule has 10 heteroatoms. The summed E-state index contributed by atoms with van der Waals surface area (Å²) in [6.45, 7) is 3.08. The first-order valence-electron chi connectivity index (χ1n) is 6.81. The number of nitrogens with one attached hydrogen (secondary N) is 2. The lowest BCUT2D eigenvalue weighted by Crippen LogP contribution is -2.23. The standard InChI is InChI=1S/C13H15F2N7O/c1-13(2,3)22-11-7(5-17-22)16-6-9(19-11)18-8-4-10(21-20-8)23-12(14)15/h4-6,12H,1-3H3,(H2,18,19,20,21). The number of nitrogens with zero attached hydrogens (tertiary/aromatic N) is 5. The van der Waals surface area contributed by atoms with Crippen molar-refractivity contribution in [3.05, 3.63) is 18.5 Å². The summed E-state index contributed by atoms with van der Waals surface area (Å²) in [5.74, 6) is 0.572. The average molecular weight is 323 g/mol. The van der Waals surface area contributed by atoms with Gasteiger partial charge in [0, 0.05) is 6.07 Å². The maximum atomic E-state index is 12.1. The second-order valence-electron chi connectivity index (χ2n) is 5.81. The first kappa shape index (κ1) is 15.1. The zero-order valence-electron chi connectivity index (χ0n) is 12.7. The molecule has 3 heterocycles. The van der Waals surface area contributed by atoms with Gasteiger partial charge >= 0.3 is 6.61 Å². The van der Waals surface area contributed by atoms with Crippen molar-refractivity contribution >= 4 is 22.8 Å². The van der Waals surface area contributed by atoms with Crippen molar-refractivity contribution in [3.8, 4) is 5.88 Å². The zero-order valence-corrected chi connectivity index (χ0v) is 12.7. The van der Waals surface area contributed by atoms with E-state index in [1.54, 1.807) is 10.9 Å². The van der Waals surface area contributed by atoms with E-state index in [0.717, 1.165) is 0 Å². The van der Waals surface area contributed by atoms with Gasteiger partial charge in [0.15, 0.2) is 11.5 Å². The van der Waals surface area contributed by atoms with Gasteiger partial charge in [0.2, 0.25) is 5.88 Å². The third-order valence-electron chi connectivity index (χ3n) is 2.94. The Kier molecular flexibility index (Phi) is 3.58. The Hall–Kier alpha value is -2.78. The highest BCUT2D eigenvalue weighted by Crippen LogP contribution is 2.22. The van der Waals surface area contributed by atoms with Crippen LogP contribution in [-0.4, -0.2) is 36.6 Å². The van der Waals surface area contributed by atoms with Crippen LogP contribution in [0.5, 0.6) is 5.88 Å². The van der Waals surface area contributed by atoms with E-state index in [-0.39, 0.29) is 11.4 Å². The van der Waals surface area contributed by atoms with Crippen LogP contribution in [0.25, 0.3) is 11.2 Å². The Morgan fingerprint density at radius 2 is 2.09 bits per heavy atom. The maximum Gasteiger partial charge on any atom is 0.388 e. The summed E-state index contributed by atoms with van der Waals surface area (Å²) >= 11 is 0. The smallest absolute Gasteiger partial charge is 0.388 e. The first-order chi connectivity index (χ1) is 10.8. The summed E-state index contributed by atoms with van der Waals surface area (Å²) in [6.07, 6.45) is 3.16. The molecular formula is C13H15F2N7O. The van der Waals surface area contributed by atoms with Crippen LogP contribution in [0.1, 0.15) is 20.8 Å². The van der Waals surface area contributed by atoms with Crippen LogP contribution in [0.2, 0.25) is 0 Å². The highest BCUT2D eigenvalue weighted by molar-refractivity contribution is 5.72. The molecule has 0 saturated carbocycles. The SMILES string of the molecule is CC(C)(C)n1ncc2ncc(Nc3cc(OC(F)F)n[nH]3)nc21. The Balaban J connectivity index is 1.87. The minimum atomic E-state index is -2.93. The van der Waals surface area contributed by atoms with E-state index in [2.05, 4.69) is 35.3 Å². The second-order valence-corrected chi connectivity index (χ2v) is 5.81. The number of rotatable bonds is 4. The number of H-pyrrole nitrogens is 1. The molecule has 122 valence electrons. The van der Waals surface area contributed by atoms with Gasteiger partial charge in [-0.25, -0.2) is 14.6 Å². The molecule has 0 unspecified atom stereocenters. The van der Waals surface area contributed by atoms with Crippen LogP contribution in [0.3, 0.4) is 0 Å². The van der Waals surface area contributed by atoms with Crippen molar-refractivity contribution in [2.24, 2.45) is 0 Å². The molecule has 0 atom stereocenters. The highest BCUT2D eigenvalue weighted by Gasteiger charge is 2.19. The second kappa shape index (κ2) is 5.45. The number of ether oxygens (including phenoxy) is 1. The highest BCUT2D eigenvalue weighted by atomic mass is 19.3.